The third-order valence-corrected chi connectivity index (χ3v) is 4.79. The zero-order valence-electron chi connectivity index (χ0n) is 14.5. The maximum absolute atomic E-state index is 12.2. The molecule has 0 amide bonds. The maximum Gasteiger partial charge on any atom is 0.329 e. The molecule has 136 valence electrons. The molecular weight excluding hydrogens is 348 g/mol. The predicted octanol–water partition coefficient (Wildman–Crippen LogP) is 1.42. The van der Waals surface area contributed by atoms with Crippen LogP contribution in [0.2, 0.25) is 0 Å². The first kappa shape index (κ1) is 15.7. The van der Waals surface area contributed by atoms with Crippen molar-refractivity contribution in [2.75, 3.05) is 6.61 Å². The van der Waals surface area contributed by atoms with Crippen LogP contribution in [0.15, 0.2) is 52.1 Å². The number of aromatic amines is 1. The summed E-state index contributed by atoms with van der Waals surface area (Å²) in [5, 5.41) is 2.26. The molecule has 1 atom stereocenters. The van der Waals surface area contributed by atoms with Gasteiger partial charge in [0, 0.05) is 7.05 Å². The van der Waals surface area contributed by atoms with Crippen LogP contribution in [0.5, 0.6) is 11.8 Å². The highest BCUT2D eigenvalue weighted by Gasteiger charge is 2.29. The highest BCUT2D eigenvalue weighted by Crippen LogP contribution is 2.26. The van der Waals surface area contributed by atoms with Crippen LogP contribution in [-0.4, -0.2) is 31.8 Å². The van der Waals surface area contributed by atoms with Crippen molar-refractivity contribution < 1.29 is 9.47 Å². The van der Waals surface area contributed by atoms with Gasteiger partial charge in [-0.1, -0.05) is 30.3 Å². The van der Waals surface area contributed by atoms with E-state index in [2.05, 4.69) is 9.97 Å². The van der Waals surface area contributed by atoms with Gasteiger partial charge in [-0.15, -0.1) is 0 Å². The smallest absolute Gasteiger partial charge is 0.329 e. The van der Waals surface area contributed by atoms with Gasteiger partial charge >= 0.3 is 5.69 Å². The molecule has 0 fully saturated rings. The number of nitrogens with zero attached hydrogens (tertiary/aromatic N) is 3. The Balaban J connectivity index is 1.37. The Kier molecular flexibility index (Phi) is 3.33. The molecule has 0 saturated carbocycles. The molecule has 0 aliphatic carbocycles. The van der Waals surface area contributed by atoms with Crippen molar-refractivity contribution in [3.8, 4) is 11.8 Å². The van der Waals surface area contributed by atoms with E-state index in [0.29, 0.717) is 30.3 Å². The molecule has 5 rings (SSSR count). The number of hydrogen-bond acceptors (Lipinski definition) is 5. The van der Waals surface area contributed by atoms with Crippen molar-refractivity contribution in [1.82, 2.24) is 19.1 Å². The third kappa shape index (κ3) is 2.49. The molecule has 3 heterocycles. The molecule has 0 bridgehead atoms. The Bertz CT molecular complexity index is 1300. The monoisotopic (exact) mass is 364 g/mol. The highest BCUT2D eigenvalue weighted by atomic mass is 16.6. The van der Waals surface area contributed by atoms with E-state index in [-0.39, 0.29) is 6.10 Å². The van der Waals surface area contributed by atoms with Crippen LogP contribution in [0, 0.1) is 0 Å². The molecule has 0 unspecified atom stereocenters. The summed E-state index contributed by atoms with van der Waals surface area (Å²) in [6, 6.07) is 14.3. The van der Waals surface area contributed by atoms with E-state index in [9.17, 15) is 9.59 Å². The number of imidazole rings is 1. The van der Waals surface area contributed by atoms with Crippen molar-refractivity contribution in [3.05, 3.63) is 63.3 Å². The van der Waals surface area contributed by atoms with Gasteiger partial charge in [-0.05, 0) is 22.9 Å². The van der Waals surface area contributed by atoms with Gasteiger partial charge in [0.15, 0.2) is 17.3 Å². The van der Waals surface area contributed by atoms with E-state index in [1.807, 2.05) is 42.5 Å². The molecule has 2 aromatic heterocycles. The fraction of sp³-hybridized carbons (Fsp3) is 0.211. The lowest BCUT2D eigenvalue weighted by Gasteiger charge is -2.12. The summed E-state index contributed by atoms with van der Waals surface area (Å²) in [5.41, 5.74) is -0.319. The molecule has 1 N–H and O–H groups in total. The molecule has 1 aliphatic rings. The van der Waals surface area contributed by atoms with Gasteiger partial charge in [-0.3, -0.25) is 18.9 Å². The number of H-pyrrole nitrogens is 1. The Morgan fingerprint density at radius 2 is 2.04 bits per heavy atom. The summed E-state index contributed by atoms with van der Waals surface area (Å²) >= 11 is 0. The minimum Gasteiger partial charge on any atom is -0.490 e. The second-order valence-corrected chi connectivity index (χ2v) is 6.56. The minimum absolute atomic E-state index is 0.264. The largest absolute Gasteiger partial charge is 0.490 e. The molecular formula is C19H16N4O4. The van der Waals surface area contributed by atoms with E-state index in [1.54, 1.807) is 11.6 Å². The van der Waals surface area contributed by atoms with E-state index in [0.717, 1.165) is 16.5 Å². The van der Waals surface area contributed by atoms with Crippen molar-refractivity contribution in [3.63, 3.8) is 0 Å². The number of benzene rings is 2. The van der Waals surface area contributed by atoms with Crippen LogP contribution in [0.4, 0.5) is 0 Å². The second kappa shape index (κ2) is 5.73. The van der Waals surface area contributed by atoms with Gasteiger partial charge in [-0.25, -0.2) is 4.79 Å². The molecule has 0 spiro atoms. The summed E-state index contributed by atoms with van der Waals surface area (Å²) < 4.78 is 14.7. The van der Waals surface area contributed by atoms with Gasteiger partial charge < -0.3 is 9.47 Å². The lowest BCUT2D eigenvalue weighted by molar-refractivity contribution is 0.144. The standard InChI is InChI=1S/C19H16N4O4/c1-22-16-15(17(24)21-18(22)25)23-9-14(27-19(23)20-16)10-26-13-7-6-11-4-2-3-5-12(11)8-13/h2-8,14H,9-10H2,1H3,(H,21,24,25)/t14-/m1/s1. The first-order valence-electron chi connectivity index (χ1n) is 8.58. The van der Waals surface area contributed by atoms with Gasteiger partial charge in [0.2, 0.25) is 0 Å². The molecule has 4 aromatic rings. The van der Waals surface area contributed by atoms with E-state index >= 15 is 0 Å². The van der Waals surface area contributed by atoms with Gasteiger partial charge in [0.25, 0.3) is 11.6 Å². The molecule has 0 radical (unpaired) electrons. The van der Waals surface area contributed by atoms with Gasteiger partial charge in [0.05, 0.1) is 6.54 Å². The van der Waals surface area contributed by atoms with Crippen LogP contribution in [-0.2, 0) is 13.6 Å². The number of aryl methyl sites for hydroxylation is 1. The van der Waals surface area contributed by atoms with Crippen LogP contribution >= 0.6 is 0 Å². The SMILES string of the molecule is Cn1c(=O)[nH]c(=O)c2c1nc1n2C[C@H](COc2ccc3ccccc3c2)O1. The number of rotatable bonds is 3. The summed E-state index contributed by atoms with van der Waals surface area (Å²) in [6.45, 7) is 0.758. The van der Waals surface area contributed by atoms with Crippen LogP contribution < -0.4 is 20.7 Å². The topological polar surface area (TPSA) is 91.1 Å². The summed E-state index contributed by atoms with van der Waals surface area (Å²) in [4.78, 5) is 30.4. The number of ether oxygens (including phenoxy) is 2. The number of hydrogen-bond donors (Lipinski definition) is 1. The number of nitrogens with one attached hydrogen (secondary N) is 1. The zero-order valence-corrected chi connectivity index (χ0v) is 14.5. The highest BCUT2D eigenvalue weighted by molar-refractivity contribution is 5.83. The Morgan fingerprint density at radius 1 is 1.22 bits per heavy atom. The molecule has 2 aromatic carbocycles. The fourth-order valence-corrected chi connectivity index (χ4v) is 3.40. The van der Waals surface area contributed by atoms with Crippen LogP contribution in [0.1, 0.15) is 0 Å². The molecule has 1 aliphatic heterocycles. The first-order valence-corrected chi connectivity index (χ1v) is 8.58. The summed E-state index contributed by atoms with van der Waals surface area (Å²) in [5.74, 6) is 0.756. The van der Waals surface area contributed by atoms with Crippen LogP contribution in [0.3, 0.4) is 0 Å². The minimum atomic E-state index is -0.500. The summed E-state index contributed by atoms with van der Waals surface area (Å²) in [7, 11) is 1.56. The molecule has 8 heteroatoms. The Labute approximate surface area is 152 Å². The van der Waals surface area contributed by atoms with Crippen molar-refractivity contribution >= 4 is 21.9 Å². The Hall–Kier alpha value is -3.55. The normalized spacial score (nSPS) is 15.8. The van der Waals surface area contributed by atoms with Crippen molar-refractivity contribution in [2.45, 2.75) is 12.6 Å². The van der Waals surface area contributed by atoms with E-state index in [1.165, 1.54) is 4.57 Å². The van der Waals surface area contributed by atoms with Crippen LogP contribution in [0.25, 0.3) is 21.9 Å². The second-order valence-electron chi connectivity index (χ2n) is 6.56. The summed E-state index contributed by atoms with van der Waals surface area (Å²) in [6.07, 6.45) is -0.264. The van der Waals surface area contributed by atoms with Gasteiger partial charge in [0.1, 0.15) is 12.4 Å². The average Bonchev–Trinajstić information content (AvgIpc) is 3.22. The third-order valence-electron chi connectivity index (χ3n) is 4.79. The average molecular weight is 364 g/mol. The lowest BCUT2D eigenvalue weighted by Crippen LogP contribution is -2.30. The predicted molar refractivity (Wildman–Crippen MR) is 99.5 cm³/mol. The maximum atomic E-state index is 12.2. The van der Waals surface area contributed by atoms with Crippen molar-refractivity contribution in [2.24, 2.45) is 7.05 Å². The van der Waals surface area contributed by atoms with E-state index in [4.69, 9.17) is 9.47 Å². The molecule has 27 heavy (non-hydrogen) atoms. The Morgan fingerprint density at radius 3 is 2.89 bits per heavy atom. The zero-order chi connectivity index (χ0) is 18.5. The number of aromatic nitrogens is 4. The fourth-order valence-electron chi connectivity index (χ4n) is 3.40. The van der Waals surface area contributed by atoms with Crippen molar-refractivity contribution in [1.29, 1.82) is 0 Å². The first-order chi connectivity index (χ1) is 13.1. The van der Waals surface area contributed by atoms with E-state index < -0.39 is 11.2 Å². The lowest BCUT2D eigenvalue weighted by atomic mass is 10.1. The molecule has 8 nitrogen and oxygen atoms in total. The number of fused-ring (bicyclic) bond motifs is 4. The molecule has 0 saturated heterocycles. The van der Waals surface area contributed by atoms with Gasteiger partial charge in [-0.2, -0.15) is 4.98 Å². The quantitative estimate of drug-likeness (QED) is 0.594.